The molecule has 2 aromatic carbocycles. The van der Waals surface area contributed by atoms with Gasteiger partial charge in [0.25, 0.3) is 0 Å². The number of aromatic carboxylic acids is 1. The number of thiocarbonyl (C=S) groups is 1. The number of hydrogen-bond acceptors (Lipinski definition) is 5. The summed E-state index contributed by atoms with van der Waals surface area (Å²) in [5.41, 5.74) is 4.24. The van der Waals surface area contributed by atoms with E-state index in [1.807, 2.05) is 24.3 Å². The van der Waals surface area contributed by atoms with Crippen molar-refractivity contribution in [1.29, 1.82) is 0 Å². The normalized spacial score (nSPS) is 10.3. The fourth-order valence-electron chi connectivity index (χ4n) is 1.77. The second-order valence-corrected chi connectivity index (χ2v) is 4.84. The highest BCUT2D eigenvalue weighted by atomic mass is 32.1. The van der Waals surface area contributed by atoms with Gasteiger partial charge in [-0.05, 0) is 35.5 Å². The standard InChI is InChI=1S/C16H15N3O3S/c1-22-14-5-3-2-4-13(14)18-16(23)19-17-10-11-6-8-12(9-7-11)15(20)21/h2-10H,1H3,(H,20,21)(H2,18,19,23)/p-1/b17-10-. The SMILES string of the molecule is COc1ccccc1NC(=S)N/N=C\c1ccc(C(=O)[O-])cc1. The Labute approximate surface area is 138 Å². The van der Waals surface area contributed by atoms with Crippen molar-refractivity contribution in [3.05, 3.63) is 59.7 Å². The molecule has 7 heteroatoms. The number of hydrazone groups is 1. The van der Waals surface area contributed by atoms with Crippen molar-refractivity contribution in [3.8, 4) is 5.75 Å². The van der Waals surface area contributed by atoms with Crippen LogP contribution in [0, 0.1) is 0 Å². The van der Waals surface area contributed by atoms with Crippen LogP contribution in [0.15, 0.2) is 53.6 Å². The van der Waals surface area contributed by atoms with Gasteiger partial charge in [-0.1, -0.05) is 36.4 Å². The number of para-hydroxylation sites is 2. The van der Waals surface area contributed by atoms with Crippen molar-refractivity contribution in [2.75, 3.05) is 12.4 Å². The molecule has 0 radical (unpaired) electrons. The van der Waals surface area contributed by atoms with Crippen LogP contribution in [0.5, 0.6) is 5.75 Å². The van der Waals surface area contributed by atoms with Crippen molar-refractivity contribution in [2.24, 2.45) is 5.10 Å². The molecule has 0 spiro atoms. The summed E-state index contributed by atoms with van der Waals surface area (Å²) in [6, 6.07) is 13.5. The summed E-state index contributed by atoms with van der Waals surface area (Å²) in [4.78, 5) is 10.6. The molecule has 0 saturated carbocycles. The predicted octanol–water partition coefficient (Wildman–Crippen LogP) is 1.38. The topological polar surface area (TPSA) is 85.8 Å². The van der Waals surface area contributed by atoms with Gasteiger partial charge in [-0.15, -0.1) is 0 Å². The number of nitrogens with zero attached hydrogens (tertiary/aromatic N) is 1. The van der Waals surface area contributed by atoms with Gasteiger partial charge in [0.05, 0.1) is 25.0 Å². The van der Waals surface area contributed by atoms with E-state index in [2.05, 4.69) is 15.8 Å². The average molecular weight is 328 g/mol. The zero-order chi connectivity index (χ0) is 16.7. The molecule has 0 aliphatic rings. The van der Waals surface area contributed by atoms with Crippen LogP contribution in [0.25, 0.3) is 0 Å². The molecule has 6 nitrogen and oxygen atoms in total. The minimum Gasteiger partial charge on any atom is -0.545 e. The summed E-state index contributed by atoms with van der Waals surface area (Å²) in [5, 5.41) is 17.9. The molecule has 0 amide bonds. The van der Waals surface area contributed by atoms with Crippen LogP contribution in [0.2, 0.25) is 0 Å². The minimum atomic E-state index is -1.21. The van der Waals surface area contributed by atoms with E-state index in [0.717, 1.165) is 11.3 Å². The molecular formula is C16H14N3O3S-. The van der Waals surface area contributed by atoms with Gasteiger partial charge in [-0.25, -0.2) is 0 Å². The number of carbonyl (C=O) groups is 1. The van der Waals surface area contributed by atoms with E-state index in [4.69, 9.17) is 17.0 Å². The Morgan fingerprint density at radius 1 is 1.22 bits per heavy atom. The van der Waals surface area contributed by atoms with Crippen LogP contribution in [-0.4, -0.2) is 24.4 Å². The maximum atomic E-state index is 10.6. The van der Waals surface area contributed by atoms with Gasteiger partial charge in [-0.3, -0.25) is 5.43 Å². The number of rotatable bonds is 5. The van der Waals surface area contributed by atoms with Crippen LogP contribution < -0.4 is 20.6 Å². The molecule has 0 fully saturated rings. The summed E-state index contributed by atoms with van der Waals surface area (Å²) in [6.45, 7) is 0. The lowest BCUT2D eigenvalue weighted by atomic mass is 10.1. The van der Waals surface area contributed by atoms with Crippen LogP contribution >= 0.6 is 12.2 Å². The van der Waals surface area contributed by atoms with Gasteiger partial charge in [0, 0.05) is 0 Å². The smallest absolute Gasteiger partial charge is 0.191 e. The van der Waals surface area contributed by atoms with E-state index in [0.29, 0.717) is 10.9 Å². The number of ether oxygens (including phenoxy) is 1. The summed E-state index contributed by atoms with van der Waals surface area (Å²) < 4.78 is 5.21. The predicted molar refractivity (Wildman–Crippen MR) is 90.7 cm³/mol. The average Bonchev–Trinajstić information content (AvgIpc) is 2.56. The summed E-state index contributed by atoms with van der Waals surface area (Å²) >= 11 is 5.14. The van der Waals surface area contributed by atoms with Crippen molar-refractivity contribution in [3.63, 3.8) is 0 Å². The van der Waals surface area contributed by atoms with E-state index in [-0.39, 0.29) is 5.56 Å². The molecule has 0 aliphatic carbocycles. The van der Waals surface area contributed by atoms with Gasteiger partial charge in [0.15, 0.2) is 5.11 Å². The Bertz CT molecular complexity index is 730. The number of methoxy groups -OCH3 is 1. The Morgan fingerprint density at radius 2 is 1.91 bits per heavy atom. The third-order valence-corrected chi connectivity index (χ3v) is 3.07. The number of nitrogens with one attached hydrogen (secondary N) is 2. The first-order valence-corrected chi connectivity index (χ1v) is 7.05. The highest BCUT2D eigenvalue weighted by Gasteiger charge is 2.02. The van der Waals surface area contributed by atoms with Gasteiger partial charge in [0.1, 0.15) is 5.75 Å². The van der Waals surface area contributed by atoms with Crippen molar-refractivity contribution < 1.29 is 14.6 Å². The zero-order valence-corrected chi connectivity index (χ0v) is 13.1. The summed E-state index contributed by atoms with van der Waals surface area (Å²) in [5.74, 6) is -0.549. The lowest BCUT2D eigenvalue weighted by Crippen LogP contribution is -2.24. The fourth-order valence-corrected chi connectivity index (χ4v) is 1.93. The van der Waals surface area contributed by atoms with Crippen molar-refractivity contribution in [1.82, 2.24) is 5.43 Å². The number of carboxylic acid groups (broad SMARTS) is 1. The molecular weight excluding hydrogens is 314 g/mol. The molecule has 0 bridgehead atoms. The first kappa shape index (κ1) is 16.4. The number of benzene rings is 2. The van der Waals surface area contributed by atoms with Crippen LogP contribution in [0.3, 0.4) is 0 Å². The Hall–Kier alpha value is -2.93. The quantitative estimate of drug-likeness (QED) is 0.490. The summed E-state index contributed by atoms with van der Waals surface area (Å²) in [7, 11) is 1.57. The largest absolute Gasteiger partial charge is 0.545 e. The number of hydrogen-bond donors (Lipinski definition) is 2. The molecule has 0 unspecified atom stereocenters. The number of anilines is 1. The molecule has 0 aliphatic heterocycles. The van der Waals surface area contributed by atoms with E-state index in [9.17, 15) is 9.90 Å². The maximum Gasteiger partial charge on any atom is 0.191 e. The minimum absolute atomic E-state index is 0.114. The lowest BCUT2D eigenvalue weighted by molar-refractivity contribution is -0.255. The Balaban J connectivity index is 1.92. The lowest BCUT2D eigenvalue weighted by Gasteiger charge is -2.10. The van der Waals surface area contributed by atoms with Gasteiger partial charge in [0.2, 0.25) is 0 Å². The molecule has 118 valence electrons. The van der Waals surface area contributed by atoms with E-state index in [1.54, 1.807) is 19.2 Å². The van der Waals surface area contributed by atoms with Crippen LogP contribution in [0.4, 0.5) is 5.69 Å². The second kappa shape index (κ2) is 7.90. The third kappa shape index (κ3) is 4.79. The van der Waals surface area contributed by atoms with E-state index in [1.165, 1.54) is 18.3 Å². The first-order chi connectivity index (χ1) is 11.1. The molecule has 2 rings (SSSR count). The zero-order valence-electron chi connectivity index (χ0n) is 12.3. The van der Waals surface area contributed by atoms with Crippen LogP contribution in [0.1, 0.15) is 15.9 Å². The van der Waals surface area contributed by atoms with E-state index < -0.39 is 5.97 Å². The van der Waals surface area contributed by atoms with Gasteiger partial charge >= 0.3 is 0 Å². The molecule has 0 atom stereocenters. The number of carbonyl (C=O) groups excluding carboxylic acids is 1. The highest BCUT2D eigenvalue weighted by molar-refractivity contribution is 7.80. The van der Waals surface area contributed by atoms with Gasteiger partial charge < -0.3 is 20.0 Å². The van der Waals surface area contributed by atoms with Gasteiger partial charge in [-0.2, -0.15) is 5.10 Å². The Kier molecular flexibility index (Phi) is 5.65. The van der Waals surface area contributed by atoms with Crippen molar-refractivity contribution in [2.45, 2.75) is 0 Å². The van der Waals surface area contributed by atoms with Crippen molar-refractivity contribution >= 4 is 35.2 Å². The highest BCUT2D eigenvalue weighted by Crippen LogP contribution is 2.22. The molecule has 0 saturated heterocycles. The molecule has 0 aromatic heterocycles. The molecule has 0 heterocycles. The van der Waals surface area contributed by atoms with E-state index >= 15 is 0 Å². The Morgan fingerprint density at radius 3 is 2.57 bits per heavy atom. The molecule has 2 aromatic rings. The number of carboxylic acids is 1. The first-order valence-electron chi connectivity index (χ1n) is 6.64. The summed E-state index contributed by atoms with van der Waals surface area (Å²) in [6.07, 6.45) is 1.52. The second-order valence-electron chi connectivity index (χ2n) is 4.43. The van der Waals surface area contributed by atoms with Crippen LogP contribution in [-0.2, 0) is 0 Å². The monoisotopic (exact) mass is 328 g/mol. The fraction of sp³-hybridized carbons (Fsp3) is 0.0625. The third-order valence-electron chi connectivity index (χ3n) is 2.88. The maximum absolute atomic E-state index is 10.6. The molecule has 2 N–H and O–H groups in total. The molecule has 23 heavy (non-hydrogen) atoms.